The minimum Gasteiger partial charge on any atom is -0.382 e. The first kappa shape index (κ1) is 26.8. The fraction of sp³-hybridized carbons (Fsp3) is 0.783. The molecular weight excluding hydrogens is 523 g/mol. The van der Waals surface area contributed by atoms with Gasteiger partial charge in [0.1, 0.15) is 0 Å². The lowest BCUT2D eigenvalue weighted by Crippen LogP contribution is -2.49. The molecule has 31 heavy (non-hydrogen) atoms. The number of nitrogens with one attached hydrogen (secondary N) is 2. The van der Waals surface area contributed by atoms with Crippen molar-refractivity contribution in [3.8, 4) is 0 Å². The van der Waals surface area contributed by atoms with Crippen molar-refractivity contribution in [1.29, 1.82) is 0 Å². The summed E-state index contributed by atoms with van der Waals surface area (Å²) in [5, 5.41) is 9.41. The summed E-state index contributed by atoms with van der Waals surface area (Å²) in [7, 11) is 1.87. The zero-order valence-corrected chi connectivity index (χ0v) is 22.5. The van der Waals surface area contributed by atoms with Gasteiger partial charge in [0, 0.05) is 51.3 Å². The van der Waals surface area contributed by atoms with Crippen LogP contribution in [0.25, 0.3) is 0 Å². The van der Waals surface area contributed by atoms with Crippen LogP contribution >= 0.6 is 35.3 Å². The molecule has 0 bridgehead atoms. The fourth-order valence-electron chi connectivity index (χ4n) is 4.78. The third kappa shape index (κ3) is 8.14. The van der Waals surface area contributed by atoms with Crippen LogP contribution in [0, 0.1) is 5.41 Å². The van der Waals surface area contributed by atoms with Crippen molar-refractivity contribution in [2.24, 2.45) is 10.4 Å². The second-order valence-electron chi connectivity index (χ2n) is 8.67. The summed E-state index contributed by atoms with van der Waals surface area (Å²) in [6.07, 6.45) is 6.65. The maximum Gasteiger partial charge on any atom is 0.191 e. The molecule has 2 unspecified atom stereocenters. The number of morpholine rings is 1. The number of guanidine groups is 1. The number of halogens is 1. The van der Waals surface area contributed by atoms with Gasteiger partial charge in [0.05, 0.1) is 18.8 Å². The number of thiophene rings is 1. The van der Waals surface area contributed by atoms with Crippen LogP contribution in [-0.2, 0) is 9.47 Å². The van der Waals surface area contributed by atoms with Crippen LogP contribution in [0.4, 0.5) is 0 Å². The summed E-state index contributed by atoms with van der Waals surface area (Å²) >= 11 is 1.83. The molecule has 6 nitrogen and oxygen atoms in total. The minimum atomic E-state index is 0. The van der Waals surface area contributed by atoms with Crippen LogP contribution < -0.4 is 10.6 Å². The van der Waals surface area contributed by atoms with Crippen LogP contribution in [0.5, 0.6) is 0 Å². The number of ether oxygens (including phenoxy) is 2. The fourth-order valence-corrected chi connectivity index (χ4v) is 5.64. The van der Waals surface area contributed by atoms with Crippen molar-refractivity contribution in [1.82, 2.24) is 15.5 Å². The van der Waals surface area contributed by atoms with Crippen molar-refractivity contribution in [3.63, 3.8) is 0 Å². The van der Waals surface area contributed by atoms with Crippen LogP contribution in [0.15, 0.2) is 22.5 Å². The van der Waals surface area contributed by atoms with Gasteiger partial charge in [-0.3, -0.25) is 9.89 Å². The molecule has 2 atom stereocenters. The van der Waals surface area contributed by atoms with E-state index in [1.165, 1.54) is 30.6 Å². The van der Waals surface area contributed by atoms with E-state index in [-0.39, 0.29) is 30.1 Å². The Morgan fingerprint density at radius 3 is 2.84 bits per heavy atom. The lowest BCUT2D eigenvalue weighted by atomic mass is 9.83. The van der Waals surface area contributed by atoms with E-state index in [9.17, 15) is 0 Å². The van der Waals surface area contributed by atoms with Gasteiger partial charge < -0.3 is 20.1 Å². The lowest BCUT2D eigenvalue weighted by Gasteiger charge is -2.37. The molecule has 0 spiro atoms. The zero-order chi connectivity index (χ0) is 21.2. The van der Waals surface area contributed by atoms with Crippen molar-refractivity contribution < 1.29 is 9.47 Å². The van der Waals surface area contributed by atoms with Crippen LogP contribution in [0.3, 0.4) is 0 Å². The summed E-state index contributed by atoms with van der Waals surface area (Å²) in [6, 6.07) is 4.73. The Labute approximate surface area is 209 Å². The van der Waals surface area contributed by atoms with Gasteiger partial charge >= 0.3 is 0 Å². The monoisotopic (exact) mass is 564 g/mol. The highest BCUT2D eigenvalue weighted by Gasteiger charge is 2.33. The third-order valence-electron chi connectivity index (χ3n) is 6.55. The van der Waals surface area contributed by atoms with Crippen LogP contribution in [0.1, 0.15) is 56.9 Å². The Balaban J connectivity index is 0.00000341. The summed E-state index contributed by atoms with van der Waals surface area (Å²) in [4.78, 5) is 8.45. The van der Waals surface area contributed by atoms with Gasteiger partial charge in [0.25, 0.3) is 0 Å². The molecule has 8 heteroatoms. The van der Waals surface area contributed by atoms with Crippen molar-refractivity contribution >= 4 is 41.3 Å². The van der Waals surface area contributed by atoms with Gasteiger partial charge in [-0.05, 0) is 50.0 Å². The molecule has 1 aliphatic carbocycles. The second-order valence-corrected chi connectivity index (χ2v) is 9.65. The van der Waals surface area contributed by atoms with E-state index in [4.69, 9.17) is 9.47 Å². The predicted octanol–water partition coefficient (Wildman–Crippen LogP) is 4.28. The van der Waals surface area contributed by atoms with Gasteiger partial charge in [-0.1, -0.05) is 18.9 Å². The molecule has 2 N–H and O–H groups in total. The van der Waals surface area contributed by atoms with E-state index >= 15 is 0 Å². The first-order valence-corrected chi connectivity index (χ1v) is 12.4. The summed E-state index contributed by atoms with van der Waals surface area (Å²) in [5.41, 5.74) is 0.347. The van der Waals surface area contributed by atoms with Crippen molar-refractivity contribution in [3.05, 3.63) is 22.4 Å². The first-order chi connectivity index (χ1) is 14.7. The maximum atomic E-state index is 5.76. The highest BCUT2D eigenvalue weighted by Crippen LogP contribution is 2.40. The minimum absolute atomic E-state index is 0. The van der Waals surface area contributed by atoms with E-state index in [1.54, 1.807) is 0 Å². The summed E-state index contributed by atoms with van der Waals surface area (Å²) in [5.74, 6) is 0.903. The molecule has 1 saturated carbocycles. The van der Waals surface area contributed by atoms with E-state index in [2.05, 4.69) is 51.9 Å². The first-order valence-electron chi connectivity index (χ1n) is 11.6. The van der Waals surface area contributed by atoms with E-state index < -0.39 is 0 Å². The van der Waals surface area contributed by atoms with Crippen molar-refractivity contribution in [2.75, 3.05) is 53.0 Å². The number of rotatable bonds is 10. The molecule has 2 heterocycles. The topological polar surface area (TPSA) is 58.1 Å². The number of nitrogens with zero attached hydrogens (tertiary/aromatic N) is 2. The Kier molecular flexibility index (Phi) is 12.1. The van der Waals surface area contributed by atoms with Gasteiger partial charge in [-0.15, -0.1) is 35.3 Å². The van der Waals surface area contributed by atoms with Gasteiger partial charge in [-0.25, -0.2) is 0 Å². The number of hydrogen-bond donors (Lipinski definition) is 2. The normalized spacial score (nSPS) is 22.7. The Morgan fingerprint density at radius 1 is 1.39 bits per heavy atom. The Hall–Kier alpha value is -0.420. The van der Waals surface area contributed by atoms with Gasteiger partial charge in [0.2, 0.25) is 0 Å². The quantitative estimate of drug-likeness (QED) is 0.192. The Morgan fingerprint density at radius 2 is 2.19 bits per heavy atom. The molecule has 2 aliphatic rings. The Bertz CT molecular complexity index is 638. The molecule has 0 radical (unpaired) electrons. The molecule has 0 amide bonds. The third-order valence-corrected chi connectivity index (χ3v) is 7.52. The van der Waals surface area contributed by atoms with Crippen LogP contribution in [0.2, 0.25) is 0 Å². The average Bonchev–Trinajstić information content (AvgIpc) is 3.44. The zero-order valence-electron chi connectivity index (χ0n) is 19.4. The molecule has 178 valence electrons. The van der Waals surface area contributed by atoms with E-state index in [0.29, 0.717) is 11.5 Å². The number of aliphatic imine (C=N–C) groups is 1. The summed E-state index contributed by atoms with van der Waals surface area (Å²) in [6.45, 7) is 10.5. The maximum absolute atomic E-state index is 5.76. The van der Waals surface area contributed by atoms with Crippen LogP contribution in [-0.4, -0.2) is 70.0 Å². The van der Waals surface area contributed by atoms with E-state index in [0.717, 1.165) is 58.4 Å². The molecule has 1 aromatic rings. The van der Waals surface area contributed by atoms with E-state index in [1.807, 2.05) is 18.4 Å². The smallest absolute Gasteiger partial charge is 0.191 e. The highest BCUT2D eigenvalue weighted by molar-refractivity contribution is 14.0. The molecule has 2 fully saturated rings. The molecule has 0 aromatic carbocycles. The predicted molar refractivity (Wildman–Crippen MR) is 141 cm³/mol. The van der Waals surface area contributed by atoms with Crippen molar-refractivity contribution in [2.45, 2.75) is 58.1 Å². The van der Waals surface area contributed by atoms with Gasteiger partial charge in [0.15, 0.2) is 5.96 Å². The summed E-state index contributed by atoms with van der Waals surface area (Å²) < 4.78 is 11.4. The standard InChI is InChI=1S/C23H40N4O2S.HI/c1-4-28-13-11-23(9-5-6-10-23)18-26-22(24-3)25-16-20(21-8-7-15-30-21)27-12-14-29-19(2)17-27;/h7-8,15,19-20H,4-6,9-14,16-18H2,1-3H3,(H2,24,25,26);1H. The second kappa shape index (κ2) is 14.0. The number of hydrogen-bond acceptors (Lipinski definition) is 5. The average molecular weight is 565 g/mol. The molecular formula is C23H41IN4O2S. The molecule has 3 rings (SSSR count). The van der Waals surface area contributed by atoms with Gasteiger partial charge in [-0.2, -0.15) is 0 Å². The largest absolute Gasteiger partial charge is 0.382 e. The molecule has 1 aliphatic heterocycles. The lowest BCUT2D eigenvalue weighted by molar-refractivity contribution is -0.0334. The molecule has 1 aromatic heterocycles. The SMILES string of the molecule is CCOCCC1(CNC(=NC)NCC(c2cccs2)N2CCOC(C)C2)CCCC1.I. The molecule has 1 saturated heterocycles. The highest BCUT2D eigenvalue weighted by atomic mass is 127.